The molecule has 1 aliphatic heterocycles. The Balaban J connectivity index is 2.38. The first-order valence-electron chi connectivity index (χ1n) is 8.87. The van der Waals surface area contributed by atoms with Crippen molar-refractivity contribution in [3.8, 4) is 5.75 Å². The Morgan fingerprint density at radius 3 is 2.32 bits per heavy atom. The van der Waals surface area contributed by atoms with Gasteiger partial charge < -0.3 is 14.6 Å². The van der Waals surface area contributed by atoms with Gasteiger partial charge in [0.25, 0.3) is 0 Å². The highest BCUT2D eigenvalue weighted by molar-refractivity contribution is 5.97. The molecule has 6 nitrogen and oxygen atoms in total. The van der Waals surface area contributed by atoms with E-state index in [0.717, 1.165) is 5.22 Å². The van der Waals surface area contributed by atoms with Gasteiger partial charge in [-0.1, -0.05) is 45.0 Å². The van der Waals surface area contributed by atoms with Crippen LogP contribution in [0, 0.1) is 5.41 Å². The van der Waals surface area contributed by atoms with Crippen LogP contribution in [0.5, 0.6) is 5.75 Å². The molecule has 6 heteroatoms. The van der Waals surface area contributed by atoms with Crippen LogP contribution < -0.4 is 15.3 Å². The molecule has 3 rings (SSSR count). The maximum absolute atomic E-state index is 12.7. The lowest BCUT2D eigenvalue weighted by molar-refractivity contribution is -0.141. The molecular formula is C22H23NO5. The predicted octanol–water partition coefficient (Wildman–Crippen LogP) is 2.29. The van der Waals surface area contributed by atoms with E-state index in [2.05, 4.69) is 4.99 Å². The Labute approximate surface area is 163 Å². The minimum atomic E-state index is -1.61. The van der Waals surface area contributed by atoms with E-state index >= 15 is 0 Å². The molecule has 0 aliphatic carbocycles. The van der Waals surface area contributed by atoms with Crippen LogP contribution >= 0.6 is 0 Å². The first-order chi connectivity index (χ1) is 13.2. The predicted molar refractivity (Wildman–Crippen MR) is 104 cm³/mol. The number of esters is 1. The summed E-state index contributed by atoms with van der Waals surface area (Å²) >= 11 is 0. The van der Waals surface area contributed by atoms with Crippen LogP contribution in [0.15, 0.2) is 47.5 Å². The average molecular weight is 381 g/mol. The quantitative estimate of drug-likeness (QED) is 0.822. The second-order valence-corrected chi connectivity index (χ2v) is 7.68. The minimum Gasteiger partial charge on any atom is -0.496 e. The second kappa shape index (κ2) is 6.78. The molecule has 0 aromatic heterocycles. The van der Waals surface area contributed by atoms with Crippen molar-refractivity contribution in [3.63, 3.8) is 0 Å². The Kier molecular flexibility index (Phi) is 4.75. The lowest BCUT2D eigenvalue weighted by atomic mass is 9.71. The van der Waals surface area contributed by atoms with Crippen LogP contribution in [0.2, 0.25) is 0 Å². The van der Waals surface area contributed by atoms with Crippen LogP contribution in [0.1, 0.15) is 36.7 Å². The van der Waals surface area contributed by atoms with Crippen LogP contribution in [0.4, 0.5) is 0 Å². The van der Waals surface area contributed by atoms with Gasteiger partial charge in [0.1, 0.15) is 11.3 Å². The van der Waals surface area contributed by atoms with Gasteiger partial charge in [0.05, 0.1) is 19.6 Å². The van der Waals surface area contributed by atoms with E-state index in [4.69, 9.17) is 9.47 Å². The monoisotopic (exact) mass is 381 g/mol. The third kappa shape index (κ3) is 2.85. The van der Waals surface area contributed by atoms with Crippen molar-refractivity contribution in [1.29, 1.82) is 0 Å². The fraction of sp³-hybridized carbons (Fsp3) is 0.318. The maximum atomic E-state index is 12.7. The first kappa shape index (κ1) is 19.6. The van der Waals surface area contributed by atoms with E-state index in [9.17, 15) is 14.7 Å². The number of carbonyl (C=O) groups excluding carboxylic acids is 1. The van der Waals surface area contributed by atoms with Gasteiger partial charge >= 0.3 is 11.9 Å². The summed E-state index contributed by atoms with van der Waals surface area (Å²) in [4.78, 5) is 29.3. The number of benzene rings is 2. The number of aliphatic carboxylic acids is 1. The molecule has 28 heavy (non-hydrogen) atoms. The number of methoxy groups -OCH3 is 2. The summed E-state index contributed by atoms with van der Waals surface area (Å²) in [6, 6.07) is 12.1. The van der Waals surface area contributed by atoms with Crippen molar-refractivity contribution in [2.75, 3.05) is 14.2 Å². The van der Waals surface area contributed by atoms with E-state index in [1.165, 1.54) is 20.3 Å². The third-order valence-corrected chi connectivity index (χ3v) is 4.91. The Morgan fingerprint density at radius 2 is 1.75 bits per heavy atom. The van der Waals surface area contributed by atoms with E-state index in [-0.39, 0.29) is 11.3 Å². The molecule has 0 bridgehead atoms. The van der Waals surface area contributed by atoms with Crippen LogP contribution in [-0.4, -0.2) is 31.3 Å². The lowest BCUT2D eigenvalue weighted by Gasteiger charge is -2.34. The molecule has 2 aromatic rings. The number of nitrogens with zero attached hydrogens (tertiary/aromatic N) is 1. The first-order valence-corrected chi connectivity index (χ1v) is 8.87. The summed E-state index contributed by atoms with van der Waals surface area (Å²) < 4.78 is 10.1. The smallest absolute Gasteiger partial charge is 0.341 e. The number of ether oxygens (including phenoxy) is 2. The molecule has 0 spiro atoms. The summed E-state index contributed by atoms with van der Waals surface area (Å²) in [5.74, 6) is -1.40. The summed E-state index contributed by atoms with van der Waals surface area (Å²) in [7, 11) is 2.71. The second-order valence-electron chi connectivity index (χ2n) is 7.68. The Hall–Kier alpha value is -3.15. The standard InChI is InChI=1S/C22H23NO5/c1-21(2,3)18-14-8-6-7-9-16(14)23-22(18,20(25)26)13-10-11-15(19(24)28-5)17(12-13)27-4/h6-12H,1-5H3,(H,25,26). The van der Waals surface area contributed by atoms with Crippen LogP contribution in [-0.2, 0) is 15.1 Å². The van der Waals surface area contributed by atoms with Gasteiger partial charge in [-0.25, -0.2) is 9.59 Å². The van der Waals surface area contributed by atoms with Crippen LogP contribution in [0.3, 0.4) is 0 Å². The molecule has 1 atom stereocenters. The molecule has 1 unspecified atom stereocenters. The van der Waals surface area contributed by atoms with E-state index < -0.39 is 22.9 Å². The molecule has 1 aliphatic rings. The number of rotatable bonds is 4. The summed E-state index contributed by atoms with van der Waals surface area (Å²) in [5.41, 5.74) is -0.740. The largest absolute Gasteiger partial charge is 0.496 e. The van der Waals surface area contributed by atoms with Gasteiger partial charge in [0, 0.05) is 5.22 Å². The average Bonchev–Trinajstić information content (AvgIpc) is 3.03. The third-order valence-electron chi connectivity index (χ3n) is 4.91. The Morgan fingerprint density at radius 1 is 1.07 bits per heavy atom. The number of hydrogen-bond donors (Lipinski definition) is 1. The van der Waals surface area contributed by atoms with E-state index in [1.807, 2.05) is 45.0 Å². The van der Waals surface area contributed by atoms with Crippen molar-refractivity contribution in [1.82, 2.24) is 0 Å². The molecule has 1 N–H and O–H groups in total. The molecule has 0 amide bonds. The normalized spacial score (nSPS) is 18.2. The molecule has 0 saturated carbocycles. The molecule has 0 radical (unpaired) electrons. The zero-order valence-corrected chi connectivity index (χ0v) is 16.6. The highest BCUT2D eigenvalue weighted by Crippen LogP contribution is 2.46. The zero-order chi connectivity index (χ0) is 20.7. The highest BCUT2D eigenvalue weighted by Gasteiger charge is 2.50. The van der Waals surface area contributed by atoms with Crippen molar-refractivity contribution >= 4 is 17.5 Å². The number of carboxylic acids is 1. The van der Waals surface area contributed by atoms with Gasteiger partial charge in [-0.2, -0.15) is 0 Å². The molecule has 1 heterocycles. The summed E-state index contributed by atoms with van der Waals surface area (Å²) in [6.45, 7) is 5.91. The maximum Gasteiger partial charge on any atom is 0.341 e. The van der Waals surface area contributed by atoms with Gasteiger partial charge in [-0.3, -0.25) is 4.99 Å². The number of para-hydroxylation sites is 1. The van der Waals surface area contributed by atoms with Gasteiger partial charge in [-0.05, 0) is 34.8 Å². The number of hydrogen-bond acceptors (Lipinski definition) is 5. The van der Waals surface area contributed by atoms with Gasteiger partial charge in [0.15, 0.2) is 0 Å². The van der Waals surface area contributed by atoms with Gasteiger partial charge in [0.2, 0.25) is 5.54 Å². The van der Waals surface area contributed by atoms with Crippen molar-refractivity contribution < 1.29 is 24.2 Å². The molecule has 146 valence electrons. The van der Waals surface area contributed by atoms with Crippen molar-refractivity contribution in [2.45, 2.75) is 26.3 Å². The van der Waals surface area contributed by atoms with E-state index in [0.29, 0.717) is 16.5 Å². The highest BCUT2D eigenvalue weighted by atomic mass is 16.5. The fourth-order valence-corrected chi connectivity index (χ4v) is 3.84. The summed E-state index contributed by atoms with van der Waals surface area (Å²) in [6.07, 6.45) is 0. The Bertz CT molecular complexity index is 1080. The topological polar surface area (TPSA) is 85.2 Å². The van der Waals surface area contributed by atoms with Crippen molar-refractivity contribution in [2.24, 2.45) is 10.4 Å². The van der Waals surface area contributed by atoms with E-state index in [1.54, 1.807) is 12.1 Å². The zero-order valence-electron chi connectivity index (χ0n) is 16.6. The fourth-order valence-electron chi connectivity index (χ4n) is 3.84. The number of carboxylic acid groups (broad SMARTS) is 1. The molecule has 2 aromatic carbocycles. The van der Waals surface area contributed by atoms with Crippen LogP contribution in [0.25, 0.3) is 5.57 Å². The van der Waals surface area contributed by atoms with Gasteiger partial charge in [-0.15, -0.1) is 0 Å². The van der Waals surface area contributed by atoms with Crippen molar-refractivity contribution in [3.05, 3.63) is 64.2 Å². The molecule has 0 saturated heterocycles. The summed E-state index contributed by atoms with van der Waals surface area (Å²) in [5, 5.41) is 11.8. The molecular weight excluding hydrogens is 358 g/mol. The number of fused-ring (bicyclic) bond motifs is 1. The molecule has 0 fully saturated rings. The SMILES string of the molecule is COC(=O)c1ccc(C2(C(=O)O)N=c3ccccc3=C2C(C)(C)C)cc1OC. The number of carbonyl (C=O) groups is 2. The minimum absolute atomic E-state index is 0.224. The lowest BCUT2D eigenvalue weighted by Crippen LogP contribution is -2.40.